The Morgan fingerprint density at radius 3 is 2.53 bits per heavy atom. The smallest absolute Gasteiger partial charge is 0.265 e. The van der Waals surface area contributed by atoms with Gasteiger partial charge in [-0.15, -0.1) is 0 Å². The highest BCUT2D eigenvalue weighted by molar-refractivity contribution is 6.06. The van der Waals surface area contributed by atoms with Gasteiger partial charge in [0.2, 0.25) is 5.71 Å². The second-order valence-corrected chi connectivity index (χ2v) is 8.34. The summed E-state index contributed by atoms with van der Waals surface area (Å²) in [6, 6.07) is 13.4. The predicted octanol–water partition coefficient (Wildman–Crippen LogP) is 3.64. The van der Waals surface area contributed by atoms with Crippen molar-refractivity contribution in [2.24, 2.45) is 7.05 Å². The van der Waals surface area contributed by atoms with Crippen LogP contribution in [0.25, 0.3) is 11.1 Å². The Balaban J connectivity index is 1.70. The van der Waals surface area contributed by atoms with Crippen molar-refractivity contribution in [2.75, 3.05) is 20.8 Å². The lowest BCUT2D eigenvalue weighted by atomic mass is 9.87. The lowest BCUT2D eigenvalue weighted by Crippen LogP contribution is -2.41. The molecule has 0 bridgehead atoms. The number of fused-ring (bicyclic) bond motifs is 2. The van der Waals surface area contributed by atoms with E-state index in [1.165, 1.54) is 10.9 Å². The van der Waals surface area contributed by atoms with Gasteiger partial charge in [0.1, 0.15) is 17.5 Å². The lowest BCUT2D eigenvalue weighted by molar-refractivity contribution is 0.0694. The number of ether oxygens (including phenoxy) is 2. The minimum atomic E-state index is -0.373. The fourth-order valence-electron chi connectivity index (χ4n) is 4.75. The van der Waals surface area contributed by atoms with Gasteiger partial charge in [0.15, 0.2) is 11.5 Å². The Labute approximate surface area is 196 Å². The number of benzene rings is 2. The van der Waals surface area contributed by atoms with E-state index in [1.54, 1.807) is 33.1 Å². The largest absolute Gasteiger partial charge is 0.493 e. The molecule has 0 N–H and O–H groups in total. The van der Waals surface area contributed by atoms with Gasteiger partial charge in [-0.1, -0.05) is 30.3 Å². The van der Waals surface area contributed by atoms with Gasteiger partial charge >= 0.3 is 0 Å². The van der Waals surface area contributed by atoms with Crippen molar-refractivity contribution >= 4 is 17.0 Å². The van der Waals surface area contributed by atoms with Crippen LogP contribution < -0.4 is 15.0 Å². The van der Waals surface area contributed by atoms with Crippen molar-refractivity contribution in [3.63, 3.8) is 0 Å². The first-order chi connectivity index (χ1) is 16.4. The molecule has 5 rings (SSSR count). The van der Waals surface area contributed by atoms with E-state index in [0.29, 0.717) is 30.2 Å². The zero-order valence-corrected chi connectivity index (χ0v) is 19.5. The summed E-state index contributed by atoms with van der Waals surface area (Å²) in [6.45, 7) is 2.16. The molecule has 0 radical (unpaired) electrons. The molecule has 1 unspecified atom stereocenters. The quantitative estimate of drug-likeness (QED) is 0.463. The standard InChI is InChI=1S/C26H25N3O5/c1-15-21(22-24(34-15)27-14-28(2)25(22)30)26(31)29-11-10-17-12-19(32-3)20(33-4)13-18(17)23(29)16-8-6-5-7-9-16/h5-9,12-14,23H,10-11H2,1-4H3. The fourth-order valence-corrected chi connectivity index (χ4v) is 4.75. The third kappa shape index (κ3) is 3.34. The van der Waals surface area contributed by atoms with Gasteiger partial charge in [-0.3, -0.25) is 9.59 Å². The predicted molar refractivity (Wildman–Crippen MR) is 127 cm³/mol. The molecule has 174 valence electrons. The average molecular weight is 460 g/mol. The average Bonchev–Trinajstić information content (AvgIpc) is 3.21. The summed E-state index contributed by atoms with van der Waals surface area (Å²) in [7, 11) is 4.81. The van der Waals surface area contributed by atoms with Crippen LogP contribution in [0.5, 0.6) is 11.5 Å². The maximum atomic E-state index is 14.1. The number of hydrogen-bond acceptors (Lipinski definition) is 6. The fraction of sp³-hybridized carbons (Fsp3) is 0.269. The number of aromatic nitrogens is 2. The van der Waals surface area contributed by atoms with Crippen molar-refractivity contribution in [3.8, 4) is 11.5 Å². The molecule has 0 saturated carbocycles. The topological polar surface area (TPSA) is 86.8 Å². The van der Waals surface area contributed by atoms with Crippen LogP contribution in [0.4, 0.5) is 0 Å². The normalized spacial score (nSPS) is 15.3. The summed E-state index contributed by atoms with van der Waals surface area (Å²) in [6.07, 6.45) is 2.03. The van der Waals surface area contributed by atoms with Crippen LogP contribution in [-0.2, 0) is 13.5 Å². The minimum absolute atomic E-state index is 0.170. The monoisotopic (exact) mass is 459 g/mol. The van der Waals surface area contributed by atoms with E-state index in [0.717, 1.165) is 16.7 Å². The molecule has 1 amide bonds. The summed E-state index contributed by atoms with van der Waals surface area (Å²) >= 11 is 0. The van der Waals surface area contributed by atoms with Crippen molar-refractivity contribution in [2.45, 2.75) is 19.4 Å². The number of amides is 1. The Bertz CT molecular complexity index is 1460. The molecule has 4 aromatic rings. The first-order valence-corrected chi connectivity index (χ1v) is 11.0. The lowest BCUT2D eigenvalue weighted by Gasteiger charge is -2.38. The number of carbonyl (C=O) groups is 1. The molecule has 0 fully saturated rings. The molecule has 1 aliphatic heterocycles. The molecular weight excluding hydrogens is 434 g/mol. The number of hydrogen-bond donors (Lipinski definition) is 0. The molecule has 34 heavy (non-hydrogen) atoms. The van der Waals surface area contributed by atoms with Crippen LogP contribution in [0.15, 0.2) is 58.0 Å². The highest BCUT2D eigenvalue weighted by Crippen LogP contribution is 2.42. The molecule has 0 saturated heterocycles. The maximum Gasteiger partial charge on any atom is 0.265 e. The maximum absolute atomic E-state index is 14.1. The van der Waals surface area contributed by atoms with Crippen LogP contribution in [-0.4, -0.2) is 41.1 Å². The Morgan fingerprint density at radius 2 is 1.82 bits per heavy atom. The SMILES string of the molecule is COc1cc2c(cc1OC)C(c1ccccc1)N(C(=O)c1c(C)oc3ncn(C)c(=O)c13)CC2. The van der Waals surface area contributed by atoms with E-state index in [1.807, 2.05) is 42.5 Å². The molecule has 8 nitrogen and oxygen atoms in total. The van der Waals surface area contributed by atoms with Crippen LogP contribution in [0, 0.1) is 6.92 Å². The van der Waals surface area contributed by atoms with E-state index >= 15 is 0 Å². The highest BCUT2D eigenvalue weighted by Gasteiger charge is 2.36. The van der Waals surface area contributed by atoms with Gasteiger partial charge in [-0.2, -0.15) is 0 Å². The number of aryl methyl sites for hydroxylation is 2. The van der Waals surface area contributed by atoms with Gasteiger partial charge in [0.05, 0.1) is 25.8 Å². The molecule has 2 aromatic heterocycles. The minimum Gasteiger partial charge on any atom is -0.493 e. The van der Waals surface area contributed by atoms with Gasteiger partial charge in [-0.25, -0.2) is 4.98 Å². The molecule has 0 aliphatic carbocycles. The third-order valence-corrected chi connectivity index (χ3v) is 6.41. The van der Waals surface area contributed by atoms with E-state index in [4.69, 9.17) is 13.9 Å². The highest BCUT2D eigenvalue weighted by atomic mass is 16.5. The zero-order chi connectivity index (χ0) is 24.0. The van der Waals surface area contributed by atoms with E-state index in [9.17, 15) is 9.59 Å². The van der Waals surface area contributed by atoms with Crippen molar-refractivity contribution in [1.29, 1.82) is 0 Å². The Morgan fingerprint density at radius 1 is 1.12 bits per heavy atom. The van der Waals surface area contributed by atoms with Crippen LogP contribution in [0.2, 0.25) is 0 Å². The second kappa shape index (κ2) is 8.37. The molecule has 1 atom stereocenters. The first-order valence-electron chi connectivity index (χ1n) is 11.0. The van der Waals surface area contributed by atoms with Crippen LogP contribution >= 0.6 is 0 Å². The summed E-state index contributed by atoms with van der Waals surface area (Å²) in [5.74, 6) is 1.36. The van der Waals surface area contributed by atoms with Gasteiger partial charge in [0, 0.05) is 13.6 Å². The summed E-state index contributed by atoms with van der Waals surface area (Å²) in [5, 5.41) is 0.206. The van der Waals surface area contributed by atoms with Gasteiger partial charge in [-0.05, 0) is 42.2 Å². The number of rotatable bonds is 4. The van der Waals surface area contributed by atoms with E-state index in [2.05, 4.69) is 4.98 Å². The molecule has 1 aliphatic rings. The van der Waals surface area contributed by atoms with Crippen molar-refractivity contribution < 1.29 is 18.7 Å². The van der Waals surface area contributed by atoms with Crippen LogP contribution in [0.3, 0.4) is 0 Å². The first kappa shape index (κ1) is 21.8. The number of nitrogens with zero attached hydrogens (tertiary/aromatic N) is 3. The Hall–Kier alpha value is -4.07. The second-order valence-electron chi connectivity index (χ2n) is 8.34. The number of methoxy groups -OCH3 is 2. The molecule has 3 heterocycles. The molecule has 2 aromatic carbocycles. The number of carbonyl (C=O) groups excluding carboxylic acids is 1. The molecule has 0 spiro atoms. The number of furan rings is 1. The van der Waals surface area contributed by atoms with Crippen molar-refractivity contribution in [3.05, 3.63) is 87.2 Å². The summed E-state index contributed by atoms with van der Waals surface area (Å²) in [4.78, 5) is 33.0. The van der Waals surface area contributed by atoms with Crippen molar-refractivity contribution in [1.82, 2.24) is 14.5 Å². The van der Waals surface area contributed by atoms with Gasteiger partial charge in [0.25, 0.3) is 11.5 Å². The van der Waals surface area contributed by atoms with Gasteiger partial charge < -0.3 is 23.4 Å². The van der Waals surface area contributed by atoms with E-state index < -0.39 is 0 Å². The third-order valence-electron chi connectivity index (χ3n) is 6.41. The molecular formula is C26H25N3O5. The summed E-state index contributed by atoms with van der Waals surface area (Å²) < 4.78 is 18.1. The zero-order valence-electron chi connectivity index (χ0n) is 19.5. The Kier molecular flexibility index (Phi) is 5.36. The van der Waals surface area contributed by atoms with E-state index in [-0.39, 0.29) is 34.2 Å². The van der Waals surface area contributed by atoms with Crippen LogP contribution in [0.1, 0.15) is 38.9 Å². The molecule has 8 heteroatoms. The summed E-state index contributed by atoms with van der Waals surface area (Å²) in [5.41, 5.74) is 3.12.